The van der Waals surface area contributed by atoms with E-state index in [1.54, 1.807) is 0 Å². The summed E-state index contributed by atoms with van der Waals surface area (Å²) in [5, 5.41) is 10.1. The maximum absolute atomic E-state index is 13.3. The number of aliphatic carboxylic acids is 1. The van der Waals surface area contributed by atoms with E-state index in [4.69, 9.17) is 14.6 Å². The van der Waals surface area contributed by atoms with Crippen LogP contribution in [0.15, 0.2) is 42.5 Å². The number of ketones is 1. The van der Waals surface area contributed by atoms with Gasteiger partial charge in [0.05, 0.1) is 5.41 Å². The maximum Gasteiger partial charge on any atom is 0.303 e. The van der Waals surface area contributed by atoms with Crippen LogP contribution < -0.4 is 9.47 Å². The average Bonchev–Trinajstić information content (AvgIpc) is 3.24. The standard InChI is InChI=1S/C26H27NO5/c1-25(2,8-7-24(29)30)22-13-17-11-16(3-5-19(17)27-22)12-23(28)26(9-10-26)18-4-6-20-21(14-18)32-15-31-20/h3-6,11,13-14,27H,7-10,12,15H2,1-2H3,(H,29,30). The number of ether oxygens (including phenoxy) is 2. The third-order valence-electron chi connectivity index (χ3n) is 6.95. The van der Waals surface area contributed by atoms with Crippen LogP contribution in [0.1, 0.15) is 56.4 Å². The highest BCUT2D eigenvalue weighted by molar-refractivity contribution is 5.95. The number of H-pyrrole nitrogens is 1. The minimum absolute atomic E-state index is 0.129. The van der Waals surface area contributed by atoms with Gasteiger partial charge in [-0.2, -0.15) is 0 Å². The number of Topliss-reactive ketones (excluding diaryl/α,β-unsaturated/α-hetero) is 1. The largest absolute Gasteiger partial charge is 0.481 e. The molecule has 166 valence electrons. The van der Waals surface area contributed by atoms with E-state index >= 15 is 0 Å². The number of rotatable bonds is 8. The van der Waals surface area contributed by atoms with Crippen molar-refractivity contribution in [3.05, 3.63) is 59.3 Å². The fraction of sp³-hybridized carbons (Fsp3) is 0.385. The zero-order chi connectivity index (χ0) is 22.5. The van der Waals surface area contributed by atoms with E-state index in [-0.39, 0.29) is 24.4 Å². The topological polar surface area (TPSA) is 88.6 Å². The Labute approximate surface area is 186 Å². The Morgan fingerprint density at radius 2 is 1.84 bits per heavy atom. The number of aromatic amines is 1. The molecule has 0 unspecified atom stereocenters. The molecule has 5 rings (SSSR count). The van der Waals surface area contributed by atoms with Gasteiger partial charge in [0, 0.05) is 29.5 Å². The molecule has 0 spiro atoms. The molecule has 6 nitrogen and oxygen atoms in total. The van der Waals surface area contributed by atoms with Gasteiger partial charge in [-0.05, 0) is 66.1 Å². The van der Waals surface area contributed by atoms with Gasteiger partial charge < -0.3 is 19.6 Å². The van der Waals surface area contributed by atoms with Crippen molar-refractivity contribution >= 4 is 22.7 Å². The van der Waals surface area contributed by atoms with Gasteiger partial charge in [-0.1, -0.05) is 26.0 Å². The second-order valence-electron chi connectivity index (χ2n) is 9.63. The first-order valence-corrected chi connectivity index (χ1v) is 11.0. The van der Waals surface area contributed by atoms with Crippen molar-refractivity contribution in [1.29, 1.82) is 0 Å². The molecule has 2 aromatic carbocycles. The summed E-state index contributed by atoms with van der Waals surface area (Å²) < 4.78 is 10.9. The minimum Gasteiger partial charge on any atom is -0.481 e. The van der Waals surface area contributed by atoms with Gasteiger partial charge in [0.2, 0.25) is 6.79 Å². The SMILES string of the molecule is CC(C)(CCC(=O)O)c1cc2cc(CC(=O)C3(c4ccc5c(c4)OCO5)CC3)ccc2[nH]1. The van der Waals surface area contributed by atoms with Crippen LogP contribution in [-0.2, 0) is 26.8 Å². The molecule has 1 aliphatic carbocycles. The number of fused-ring (bicyclic) bond motifs is 2. The zero-order valence-electron chi connectivity index (χ0n) is 18.4. The van der Waals surface area contributed by atoms with Crippen molar-refractivity contribution in [1.82, 2.24) is 4.98 Å². The normalized spacial score (nSPS) is 16.3. The van der Waals surface area contributed by atoms with Crippen LogP contribution in [-0.4, -0.2) is 28.6 Å². The third-order valence-corrected chi connectivity index (χ3v) is 6.95. The fourth-order valence-corrected chi connectivity index (χ4v) is 4.61. The molecule has 0 atom stereocenters. The van der Waals surface area contributed by atoms with Crippen molar-refractivity contribution in [2.75, 3.05) is 6.79 Å². The van der Waals surface area contributed by atoms with Gasteiger partial charge in [0.15, 0.2) is 11.5 Å². The van der Waals surface area contributed by atoms with Crippen LogP contribution >= 0.6 is 0 Å². The van der Waals surface area contributed by atoms with Gasteiger partial charge in [-0.3, -0.25) is 9.59 Å². The molecule has 2 N–H and O–H groups in total. The zero-order valence-corrected chi connectivity index (χ0v) is 18.4. The number of hydrogen-bond donors (Lipinski definition) is 2. The van der Waals surface area contributed by atoms with Gasteiger partial charge in [-0.25, -0.2) is 0 Å². The molecule has 2 heterocycles. The lowest BCUT2D eigenvalue weighted by Crippen LogP contribution is -2.22. The van der Waals surface area contributed by atoms with Crippen molar-refractivity contribution in [2.45, 2.75) is 56.8 Å². The van der Waals surface area contributed by atoms with E-state index in [9.17, 15) is 9.59 Å². The molecule has 0 radical (unpaired) electrons. The quantitative estimate of drug-likeness (QED) is 0.528. The number of aromatic nitrogens is 1. The van der Waals surface area contributed by atoms with Gasteiger partial charge in [0.25, 0.3) is 0 Å². The molecule has 0 bridgehead atoms. The van der Waals surface area contributed by atoms with Crippen LogP contribution in [0.3, 0.4) is 0 Å². The monoisotopic (exact) mass is 433 g/mol. The minimum atomic E-state index is -0.786. The summed E-state index contributed by atoms with van der Waals surface area (Å²) in [6.07, 6.45) is 2.79. The van der Waals surface area contributed by atoms with E-state index in [1.165, 1.54) is 0 Å². The van der Waals surface area contributed by atoms with Crippen LogP contribution in [0.25, 0.3) is 10.9 Å². The molecule has 2 aliphatic rings. The fourth-order valence-electron chi connectivity index (χ4n) is 4.61. The summed E-state index contributed by atoms with van der Waals surface area (Å²) in [7, 11) is 0. The van der Waals surface area contributed by atoms with Gasteiger partial charge in [-0.15, -0.1) is 0 Å². The van der Waals surface area contributed by atoms with Crippen LogP contribution in [0.2, 0.25) is 0 Å². The third kappa shape index (κ3) is 3.64. The lowest BCUT2D eigenvalue weighted by molar-refractivity contribution is -0.137. The van der Waals surface area contributed by atoms with Crippen molar-refractivity contribution < 1.29 is 24.2 Å². The number of hydrogen-bond acceptors (Lipinski definition) is 4. The first-order valence-electron chi connectivity index (χ1n) is 11.0. The van der Waals surface area contributed by atoms with Crippen LogP contribution in [0, 0.1) is 0 Å². The Morgan fingerprint density at radius 1 is 1.06 bits per heavy atom. The molecule has 6 heteroatoms. The summed E-state index contributed by atoms with van der Waals surface area (Å²) in [4.78, 5) is 27.7. The predicted molar refractivity (Wildman–Crippen MR) is 120 cm³/mol. The molecular weight excluding hydrogens is 406 g/mol. The van der Waals surface area contributed by atoms with E-state index in [1.807, 2.05) is 44.2 Å². The molecule has 3 aromatic rings. The molecule has 1 saturated carbocycles. The number of carboxylic acids is 1. The van der Waals surface area contributed by atoms with Crippen LogP contribution in [0.4, 0.5) is 0 Å². The number of benzene rings is 2. The highest BCUT2D eigenvalue weighted by Gasteiger charge is 2.50. The second kappa shape index (κ2) is 7.40. The van der Waals surface area contributed by atoms with Crippen molar-refractivity contribution in [3.8, 4) is 11.5 Å². The predicted octanol–water partition coefficient (Wildman–Crippen LogP) is 4.88. The molecule has 1 aliphatic heterocycles. The van der Waals surface area contributed by atoms with Gasteiger partial charge >= 0.3 is 5.97 Å². The molecule has 0 saturated heterocycles. The average molecular weight is 434 g/mol. The Kier molecular flexibility index (Phi) is 4.77. The Balaban J connectivity index is 1.35. The first kappa shape index (κ1) is 20.6. The highest BCUT2D eigenvalue weighted by Crippen LogP contribution is 2.51. The second-order valence-corrected chi connectivity index (χ2v) is 9.63. The number of carboxylic acid groups (broad SMARTS) is 1. The molecule has 32 heavy (non-hydrogen) atoms. The summed E-state index contributed by atoms with van der Waals surface area (Å²) in [6, 6.07) is 14.0. The molecule has 1 aromatic heterocycles. The Morgan fingerprint density at radius 3 is 2.59 bits per heavy atom. The lowest BCUT2D eigenvalue weighted by atomic mass is 9.84. The molecular formula is C26H27NO5. The van der Waals surface area contributed by atoms with E-state index in [0.29, 0.717) is 18.6 Å². The van der Waals surface area contributed by atoms with Crippen LogP contribution in [0.5, 0.6) is 11.5 Å². The van der Waals surface area contributed by atoms with Crippen molar-refractivity contribution in [2.24, 2.45) is 0 Å². The maximum atomic E-state index is 13.3. The van der Waals surface area contributed by atoms with Crippen molar-refractivity contribution in [3.63, 3.8) is 0 Å². The summed E-state index contributed by atoms with van der Waals surface area (Å²) in [5.74, 6) is 0.894. The first-order chi connectivity index (χ1) is 15.3. The van der Waals surface area contributed by atoms with E-state index in [0.717, 1.165) is 46.3 Å². The summed E-state index contributed by atoms with van der Waals surface area (Å²) >= 11 is 0. The number of nitrogens with one attached hydrogen (secondary N) is 1. The number of carbonyl (C=O) groups is 2. The smallest absolute Gasteiger partial charge is 0.303 e. The summed E-state index contributed by atoms with van der Waals surface area (Å²) in [6.45, 7) is 4.33. The number of carbonyl (C=O) groups excluding carboxylic acids is 1. The Bertz CT molecular complexity index is 1220. The molecule has 1 fully saturated rings. The van der Waals surface area contributed by atoms with Gasteiger partial charge in [0.1, 0.15) is 5.78 Å². The van der Waals surface area contributed by atoms with E-state index in [2.05, 4.69) is 17.1 Å². The highest BCUT2D eigenvalue weighted by atomic mass is 16.7. The molecule has 0 amide bonds. The summed E-state index contributed by atoms with van der Waals surface area (Å²) in [5.41, 5.74) is 3.32. The Hall–Kier alpha value is -3.28. The lowest BCUT2D eigenvalue weighted by Gasteiger charge is -2.22. The van der Waals surface area contributed by atoms with E-state index < -0.39 is 11.4 Å².